The predicted octanol–water partition coefficient (Wildman–Crippen LogP) is 2.70. The average molecular weight is 571 g/mol. The summed E-state index contributed by atoms with van der Waals surface area (Å²) in [5.41, 5.74) is 2.75. The van der Waals surface area contributed by atoms with Crippen LogP contribution in [-0.2, 0) is 19.6 Å². The average Bonchev–Trinajstić information content (AvgIpc) is 3.17. The van der Waals surface area contributed by atoms with Gasteiger partial charge in [0.1, 0.15) is 6.04 Å². The zero-order chi connectivity index (χ0) is 29.4. The van der Waals surface area contributed by atoms with Gasteiger partial charge in [-0.2, -0.15) is 0 Å². The first kappa shape index (κ1) is 30.7. The van der Waals surface area contributed by atoms with Crippen molar-refractivity contribution in [1.82, 2.24) is 19.8 Å². The van der Waals surface area contributed by atoms with E-state index in [1.54, 1.807) is 24.3 Å². The molecule has 3 rings (SSSR count). The predicted molar refractivity (Wildman–Crippen MR) is 148 cm³/mol. The fraction of sp³-hybridized carbons (Fsp3) is 0.357. The monoisotopic (exact) mass is 570 g/mol. The Hall–Kier alpha value is -3.87. The van der Waals surface area contributed by atoms with Crippen LogP contribution in [0, 0.1) is 5.92 Å². The largest absolute Gasteiger partial charge is 0.289 e. The summed E-state index contributed by atoms with van der Waals surface area (Å²) in [6, 6.07) is 13.9. The zero-order valence-electron chi connectivity index (χ0n) is 22.7. The number of imide groups is 1. The van der Waals surface area contributed by atoms with Crippen LogP contribution < -0.4 is 5.48 Å². The minimum Gasteiger partial charge on any atom is -0.289 e. The maximum Gasteiger partial charge on any atom is 0.268 e. The van der Waals surface area contributed by atoms with Crippen molar-refractivity contribution < 1.29 is 32.8 Å². The highest BCUT2D eigenvalue weighted by molar-refractivity contribution is 7.88. The summed E-state index contributed by atoms with van der Waals surface area (Å²) in [5, 5.41) is 10.3. The van der Waals surface area contributed by atoms with Crippen molar-refractivity contribution >= 4 is 39.7 Å². The van der Waals surface area contributed by atoms with E-state index in [9.17, 15) is 32.8 Å². The number of fused-ring (bicyclic) bond motifs is 1. The molecule has 40 heavy (non-hydrogen) atoms. The van der Waals surface area contributed by atoms with Crippen molar-refractivity contribution in [2.75, 3.05) is 19.3 Å². The molecule has 1 atom stereocenters. The Morgan fingerprint density at radius 3 is 2.10 bits per heavy atom. The number of hydrogen-bond donors (Lipinski definition) is 2. The highest BCUT2D eigenvalue weighted by Crippen LogP contribution is 2.24. The van der Waals surface area contributed by atoms with Gasteiger partial charge in [-0.1, -0.05) is 68.5 Å². The topological polar surface area (TPSA) is 144 Å². The SMILES string of the molecule is CC(C)CCC(=O)N([C@@H](CC=Cc1ccccc1)C(=O)NO)N(CCN1C(=O)c2ccccc2C1=O)S(C)(=O)=O. The first-order chi connectivity index (χ1) is 19.0. The number of hydrogen-bond acceptors (Lipinski definition) is 7. The normalized spacial score (nSPS) is 14.2. The lowest BCUT2D eigenvalue weighted by Crippen LogP contribution is -2.59. The Labute approximate surface area is 234 Å². The van der Waals surface area contributed by atoms with Crippen LogP contribution in [0.4, 0.5) is 0 Å². The molecule has 0 unspecified atom stereocenters. The van der Waals surface area contributed by atoms with Crippen molar-refractivity contribution in [2.24, 2.45) is 5.92 Å². The van der Waals surface area contributed by atoms with Crippen LogP contribution >= 0.6 is 0 Å². The third-order valence-electron chi connectivity index (χ3n) is 6.38. The van der Waals surface area contributed by atoms with E-state index in [0.29, 0.717) is 10.8 Å². The van der Waals surface area contributed by atoms with Crippen molar-refractivity contribution in [3.63, 3.8) is 0 Å². The molecule has 2 aromatic rings. The highest BCUT2D eigenvalue weighted by atomic mass is 32.2. The number of benzene rings is 2. The van der Waals surface area contributed by atoms with Gasteiger partial charge < -0.3 is 0 Å². The van der Waals surface area contributed by atoms with Gasteiger partial charge in [0.25, 0.3) is 17.7 Å². The molecule has 0 aromatic heterocycles. The lowest BCUT2D eigenvalue weighted by molar-refractivity contribution is -0.156. The van der Waals surface area contributed by atoms with Gasteiger partial charge >= 0.3 is 0 Å². The summed E-state index contributed by atoms with van der Waals surface area (Å²) in [5.74, 6) is -2.71. The summed E-state index contributed by atoms with van der Waals surface area (Å²) in [6.07, 6.45) is 4.38. The van der Waals surface area contributed by atoms with E-state index in [1.165, 1.54) is 17.6 Å². The van der Waals surface area contributed by atoms with Crippen LogP contribution in [0.15, 0.2) is 60.7 Å². The molecule has 12 heteroatoms. The molecule has 0 radical (unpaired) electrons. The van der Waals surface area contributed by atoms with E-state index >= 15 is 0 Å². The molecule has 0 bridgehead atoms. The van der Waals surface area contributed by atoms with E-state index in [4.69, 9.17) is 0 Å². The third kappa shape index (κ3) is 7.40. The summed E-state index contributed by atoms with van der Waals surface area (Å²) >= 11 is 0. The van der Waals surface area contributed by atoms with E-state index in [0.717, 1.165) is 21.7 Å². The number of nitrogens with one attached hydrogen (secondary N) is 1. The third-order valence-corrected chi connectivity index (χ3v) is 7.51. The Morgan fingerprint density at radius 2 is 1.57 bits per heavy atom. The smallest absolute Gasteiger partial charge is 0.268 e. The summed E-state index contributed by atoms with van der Waals surface area (Å²) < 4.78 is 26.8. The van der Waals surface area contributed by atoms with Crippen LogP contribution in [0.25, 0.3) is 6.08 Å². The number of hydrazine groups is 1. The highest BCUT2D eigenvalue weighted by Gasteiger charge is 2.40. The molecule has 1 aliphatic rings. The Balaban J connectivity index is 1.95. The molecule has 0 fully saturated rings. The first-order valence-electron chi connectivity index (χ1n) is 12.9. The van der Waals surface area contributed by atoms with Gasteiger partial charge in [-0.25, -0.2) is 18.9 Å². The molecule has 0 saturated carbocycles. The number of hydroxylamine groups is 1. The van der Waals surface area contributed by atoms with Gasteiger partial charge in [0.2, 0.25) is 15.9 Å². The second-order valence-corrected chi connectivity index (χ2v) is 11.7. The molecule has 214 valence electrons. The lowest BCUT2D eigenvalue weighted by Gasteiger charge is -2.38. The van der Waals surface area contributed by atoms with E-state index in [1.807, 2.05) is 44.2 Å². The van der Waals surface area contributed by atoms with Crippen LogP contribution in [0.1, 0.15) is 59.4 Å². The Kier molecular flexibility index (Phi) is 10.3. The minimum absolute atomic E-state index is 0.0751. The van der Waals surface area contributed by atoms with Crippen LogP contribution in [0.5, 0.6) is 0 Å². The van der Waals surface area contributed by atoms with E-state index in [2.05, 4.69) is 0 Å². The molecule has 1 aliphatic heterocycles. The maximum atomic E-state index is 13.5. The van der Waals surface area contributed by atoms with Gasteiger partial charge in [-0.05, 0) is 36.5 Å². The fourth-order valence-electron chi connectivity index (χ4n) is 4.33. The molecule has 0 saturated heterocycles. The number of carbonyl (C=O) groups is 4. The van der Waals surface area contributed by atoms with Crippen LogP contribution in [0.2, 0.25) is 0 Å². The molecule has 1 heterocycles. The number of carbonyl (C=O) groups excluding carboxylic acids is 4. The minimum atomic E-state index is -4.20. The molecule has 2 N–H and O–H groups in total. The van der Waals surface area contributed by atoms with Crippen LogP contribution in [0.3, 0.4) is 0 Å². The first-order valence-corrected chi connectivity index (χ1v) is 14.7. The van der Waals surface area contributed by atoms with Gasteiger partial charge in [0.05, 0.1) is 23.9 Å². The second kappa shape index (κ2) is 13.5. The lowest BCUT2D eigenvalue weighted by atomic mass is 10.1. The van der Waals surface area contributed by atoms with Crippen LogP contribution in [-0.4, -0.2) is 77.0 Å². The standard InChI is InChI=1S/C28H34N4O7S/c1-20(2)16-17-25(33)32(24(26(34)29-37)15-9-12-21-10-5-4-6-11-21)31(40(3,38)39)19-18-30-27(35)22-13-7-8-14-23(22)28(30)36/h4-14,20,24,37H,15-19H2,1-3H3,(H,29,34)/t24-/m0/s1. The molecule has 11 nitrogen and oxygen atoms in total. The summed E-state index contributed by atoms with van der Waals surface area (Å²) in [4.78, 5) is 53.0. The molecule has 0 spiro atoms. The molecular weight excluding hydrogens is 536 g/mol. The summed E-state index contributed by atoms with van der Waals surface area (Å²) in [7, 11) is -4.20. The fourth-order valence-corrected chi connectivity index (χ4v) is 5.27. The summed E-state index contributed by atoms with van der Waals surface area (Å²) in [6.45, 7) is 2.96. The van der Waals surface area contributed by atoms with Crippen molar-refractivity contribution in [1.29, 1.82) is 0 Å². The number of nitrogens with zero attached hydrogens (tertiary/aromatic N) is 3. The zero-order valence-corrected chi connectivity index (χ0v) is 23.5. The molecule has 0 aliphatic carbocycles. The van der Waals surface area contributed by atoms with Gasteiger partial charge in [-0.15, -0.1) is 4.41 Å². The maximum absolute atomic E-state index is 13.5. The van der Waals surface area contributed by atoms with Crippen molar-refractivity contribution in [2.45, 2.75) is 39.2 Å². The quantitative estimate of drug-likeness (QED) is 0.214. The van der Waals surface area contributed by atoms with E-state index < -0.39 is 46.2 Å². The Morgan fingerprint density at radius 1 is 1.00 bits per heavy atom. The Bertz CT molecular complexity index is 1340. The molecule has 4 amide bonds. The number of sulfonamides is 1. The number of rotatable bonds is 13. The molecular formula is C28H34N4O7S. The number of amides is 4. The second-order valence-electron chi connectivity index (χ2n) is 9.83. The van der Waals surface area contributed by atoms with Crippen molar-refractivity contribution in [3.05, 3.63) is 77.4 Å². The molecule has 2 aromatic carbocycles. The van der Waals surface area contributed by atoms with Gasteiger partial charge in [0.15, 0.2) is 0 Å². The van der Waals surface area contributed by atoms with E-state index in [-0.39, 0.29) is 36.4 Å². The van der Waals surface area contributed by atoms with Crippen molar-refractivity contribution in [3.8, 4) is 0 Å². The van der Waals surface area contributed by atoms with Gasteiger partial charge in [0, 0.05) is 13.0 Å². The van der Waals surface area contributed by atoms with Gasteiger partial charge in [-0.3, -0.25) is 29.3 Å².